The van der Waals surface area contributed by atoms with Crippen molar-refractivity contribution < 1.29 is 14.6 Å². The summed E-state index contributed by atoms with van der Waals surface area (Å²) in [6.07, 6.45) is 7.21. The largest absolute Gasteiger partial charge is 0.492 e. The molecule has 0 spiro atoms. The SMILES string of the molecule is COCC1(N)CCC(CCn2c(=O)ccc3ncc(OCCCO)cc32)CC1. The third-order valence-corrected chi connectivity index (χ3v) is 5.68. The molecular formula is C21H31N3O4. The average Bonchev–Trinajstić information content (AvgIpc) is 2.69. The second-order valence-electron chi connectivity index (χ2n) is 7.85. The number of pyridine rings is 2. The molecule has 0 aromatic carbocycles. The lowest BCUT2D eigenvalue weighted by molar-refractivity contribution is 0.0929. The van der Waals surface area contributed by atoms with Gasteiger partial charge in [-0.25, -0.2) is 0 Å². The molecule has 1 aliphatic carbocycles. The van der Waals surface area contributed by atoms with Gasteiger partial charge in [-0.3, -0.25) is 9.78 Å². The maximum absolute atomic E-state index is 12.5. The summed E-state index contributed by atoms with van der Waals surface area (Å²) in [5.74, 6) is 1.18. The van der Waals surface area contributed by atoms with Crippen LogP contribution in [0.2, 0.25) is 0 Å². The van der Waals surface area contributed by atoms with E-state index in [1.165, 1.54) is 0 Å². The number of fused-ring (bicyclic) bond motifs is 1. The molecule has 1 saturated carbocycles. The van der Waals surface area contributed by atoms with Gasteiger partial charge < -0.3 is 24.9 Å². The fourth-order valence-electron chi connectivity index (χ4n) is 4.00. The highest BCUT2D eigenvalue weighted by atomic mass is 16.5. The van der Waals surface area contributed by atoms with Crippen LogP contribution in [0.5, 0.6) is 5.75 Å². The highest BCUT2D eigenvalue weighted by Crippen LogP contribution is 2.33. The molecule has 0 saturated heterocycles. The van der Waals surface area contributed by atoms with Crippen molar-refractivity contribution >= 4 is 11.0 Å². The smallest absolute Gasteiger partial charge is 0.251 e. The Hall–Kier alpha value is -1.96. The predicted molar refractivity (Wildman–Crippen MR) is 109 cm³/mol. The summed E-state index contributed by atoms with van der Waals surface area (Å²) < 4.78 is 12.7. The topological polar surface area (TPSA) is 99.6 Å². The van der Waals surface area contributed by atoms with Gasteiger partial charge in [0, 0.05) is 44.4 Å². The van der Waals surface area contributed by atoms with Crippen molar-refractivity contribution in [3.63, 3.8) is 0 Å². The van der Waals surface area contributed by atoms with Crippen LogP contribution in [0.4, 0.5) is 0 Å². The van der Waals surface area contributed by atoms with Crippen LogP contribution in [0.25, 0.3) is 11.0 Å². The molecule has 0 bridgehead atoms. The van der Waals surface area contributed by atoms with Gasteiger partial charge in [-0.2, -0.15) is 0 Å². The Balaban J connectivity index is 1.69. The Labute approximate surface area is 165 Å². The van der Waals surface area contributed by atoms with E-state index in [0.717, 1.165) is 43.1 Å². The van der Waals surface area contributed by atoms with Crippen LogP contribution in [-0.2, 0) is 11.3 Å². The van der Waals surface area contributed by atoms with Crippen LogP contribution in [0.15, 0.2) is 29.2 Å². The summed E-state index contributed by atoms with van der Waals surface area (Å²) in [4.78, 5) is 16.9. The number of aromatic nitrogens is 2. The second-order valence-corrected chi connectivity index (χ2v) is 7.85. The molecule has 2 aromatic rings. The molecule has 3 N–H and O–H groups in total. The minimum atomic E-state index is -0.202. The van der Waals surface area contributed by atoms with Gasteiger partial charge in [-0.15, -0.1) is 0 Å². The van der Waals surface area contributed by atoms with Gasteiger partial charge in [0.2, 0.25) is 0 Å². The monoisotopic (exact) mass is 389 g/mol. The van der Waals surface area contributed by atoms with Gasteiger partial charge in [-0.1, -0.05) is 0 Å². The average molecular weight is 389 g/mol. The van der Waals surface area contributed by atoms with E-state index in [-0.39, 0.29) is 17.7 Å². The Bertz CT molecular complexity index is 828. The summed E-state index contributed by atoms with van der Waals surface area (Å²) in [6.45, 7) is 1.77. The number of aryl methyl sites for hydroxylation is 1. The number of hydrogen-bond donors (Lipinski definition) is 2. The molecule has 7 nitrogen and oxygen atoms in total. The maximum Gasteiger partial charge on any atom is 0.251 e. The van der Waals surface area contributed by atoms with E-state index in [2.05, 4.69) is 4.98 Å². The maximum atomic E-state index is 12.5. The Morgan fingerprint density at radius 3 is 2.86 bits per heavy atom. The molecule has 0 radical (unpaired) electrons. The minimum absolute atomic E-state index is 0.0230. The molecule has 0 aliphatic heterocycles. The van der Waals surface area contributed by atoms with Crippen LogP contribution in [0.1, 0.15) is 38.5 Å². The van der Waals surface area contributed by atoms with E-state index in [0.29, 0.717) is 37.8 Å². The molecule has 7 heteroatoms. The summed E-state index contributed by atoms with van der Waals surface area (Å²) in [5.41, 5.74) is 7.73. The number of nitrogens with two attached hydrogens (primary N) is 1. The Morgan fingerprint density at radius 1 is 1.36 bits per heavy atom. The van der Waals surface area contributed by atoms with E-state index < -0.39 is 0 Å². The van der Waals surface area contributed by atoms with Crippen LogP contribution in [-0.4, -0.2) is 47.1 Å². The first-order valence-corrected chi connectivity index (χ1v) is 10.1. The highest BCUT2D eigenvalue weighted by Gasteiger charge is 2.31. The summed E-state index contributed by atoms with van der Waals surface area (Å²) in [6, 6.07) is 5.19. The molecule has 1 fully saturated rings. The van der Waals surface area contributed by atoms with Crippen LogP contribution in [0, 0.1) is 5.92 Å². The molecule has 0 unspecified atom stereocenters. The van der Waals surface area contributed by atoms with Crippen molar-refractivity contribution in [1.82, 2.24) is 9.55 Å². The van der Waals surface area contributed by atoms with Gasteiger partial charge in [0.1, 0.15) is 5.75 Å². The lowest BCUT2D eigenvalue weighted by atomic mass is 9.76. The normalized spacial score (nSPS) is 22.5. The molecule has 28 heavy (non-hydrogen) atoms. The number of ether oxygens (including phenoxy) is 2. The summed E-state index contributed by atoms with van der Waals surface area (Å²) in [7, 11) is 1.70. The summed E-state index contributed by atoms with van der Waals surface area (Å²) in [5, 5.41) is 8.90. The Morgan fingerprint density at radius 2 is 2.14 bits per heavy atom. The van der Waals surface area contributed by atoms with Crippen LogP contribution >= 0.6 is 0 Å². The Kier molecular flexibility index (Phi) is 7.04. The van der Waals surface area contributed by atoms with E-state index in [4.69, 9.17) is 20.3 Å². The van der Waals surface area contributed by atoms with Crippen molar-refractivity contribution in [3.8, 4) is 5.75 Å². The summed E-state index contributed by atoms with van der Waals surface area (Å²) >= 11 is 0. The van der Waals surface area contributed by atoms with E-state index >= 15 is 0 Å². The van der Waals surface area contributed by atoms with Gasteiger partial charge in [-0.05, 0) is 44.1 Å². The lowest BCUT2D eigenvalue weighted by Crippen LogP contribution is -2.47. The van der Waals surface area contributed by atoms with Crippen molar-refractivity contribution in [1.29, 1.82) is 0 Å². The first-order valence-electron chi connectivity index (χ1n) is 10.1. The number of hydrogen-bond acceptors (Lipinski definition) is 6. The number of aliphatic hydroxyl groups is 1. The first kappa shape index (κ1) is 20.8. The van der Waals surface area contributed by atoms with Crippen molar-refractivity contribution in [2.75, 3.05) is 26.9 Å². The fourth-order valence-corrected chi connectivity index (χ4v) is 4.00. The van der Waals surface area contributed by atoms with E-state index in [9.17, 15) is 4.79 Å². The number of methoxy groups -OCH3 is 1. The third kappa shape index (κ3) is 5.10. The number of rotatable bonds is 9. The van der Waals surface area contributed by atoms with E-state index in [1.54, 1.807) is 30.0 Å². The molecular weight excluding hydrogens is 358 g/mol. The molecule has 0 amide bonds. The van der Waals surface area contributed by atoms with Crippen LogP contribution < -0.4 is 16.0 Å². The van der Waals surface area contributed by atoms with E-state index in [1.807, 2.05) is 6.07 Å². The molecule has 2 aromatic heterocycles. The molecule has 0 atom stereocenters. The van der Waals surface area contributed by atoms with Gasteiger partial charge in [0.05, 0.1) is 30.4 Å². The third-order valence-electron chi connectivity index (χ3n) is 5.68. The number of nitrogens with zero attached hydrogens (tertiary/aromatic N) is 2. The minimum Gasteiger partial charge on any atom is -0.492 e. The van der Waals surface area contributed by atoms with Crippen LogP contribution in [0.3, 0.4) is 0 Å². The first-order chi connectivity index (χ1) is 13.5. The lowest BCUT2D eigenvalue weighted by Gasteiger charge is -2.36. The standard InChI is InChI=1S/C21H31N3O4/c1-27-15-21(22)8-5-16(6-9-21)7-10-24-19-13-17(28-12-2-11-25)14-23-18(19)3-4-20(24)26/h3-4,13-14,16,25H,2,5-12,15,22H2,1H3. The zero-order valence-electron chi connectivity index (χ0n) is 16.6. The predicted octanol–water partition coefficient (Wildman–Crippen LogP) is 2.08. The molecule has 1 aliphatic rings. The van der Waals surface area contributed by atoms with Gasteiger partial charge in [0.15, 0.2) is 0 Å². The quantitative estimate of drug-likeness (QED) is 0.637. The highest BCUT2D eigenvalue weighted by molar-refractivity contribution is 5.75. The molecule has 154 valence electrons. The second kappa shape index (κ2) is 9.49. The molecule has 2 heterocycles. The van der Waals surface area contributed by atoms with Crippen molar-refractivity contribution in [2.45, 2.75) is 50.6 Å². The van der Waals surface area contributed by atoms with Crippen molar-refractivity contribution in [2.24, 2.45) is 11.7 Å². The zero-order chi connectivity index (χ0) is 20.0. The molecule has 3 rings (SSSR count). The zero-order valence-corrected chi connectivity index (χ0v) is 16.6. The fraction of sp³-hybridized carbons (Fsp3) is 0.619. The number of aliphatic hydroxyl groups excluding tert-OH is 1. The van der Waals surface area contributed by atoms with Gasteiger partial charge >= 0.3 is 0 Å². The van der Waals surface area contributed by atoms with Gasteiger partial charge in [0.25, 0.3) is 5.56 Å². The van der Waals surface area contributed by atoms with Crippen molar-refractivity contribution in [3.05, 3.63) is 34.7 Å².